The average molecular weight is 345 g/mol. The molecule has 0 aliphatic carbocycles. The van der Waals surface area contributed by atoms with Crippen LogP contribution in [0.2, 0.25) is 0 Å². The minimum atomic E-state index is -0.114. The summed E-state index contributed by atoms with van der Waals surface area (Å²) in [5, 5.41) is 2.73. The van der Waals surface area contributed by atoms with Crippen molar-refractivity contribution in [3.8, 4) is 0 Å². The highest BCUT2D eigenvalue weighted by atomic mass is 16.5. The van der Waals surface area contributed by atoms with Crippen molar-refractivity contribution in [3.05, 3.63) is 35.9 Å². The van der Waals surface area contributed by atoms with E-state index in [0.29, 0.717) is 12.5 Å². The Balaban J connectivity index is 1.34. The van der Waals surface area contributed by atoms with Crippen molar-refractivity contribution in [3.63, 3.8) is 0 Å². The second-order valence-corrected chi connectivity index (χ2v) is 6.76. The molecule has 2 fully saturated rings. The molecule has 1 aromatic rings. The molecule has 0 spiro atoms. The van der Waals surface area contributed by atoms with Crippen LogP contribution < -0.4 is 5.32 Å². The zero-order chi connectivity index (χ0) is 17.5. The number of hydrogen-bond donors (Lipinski definition) is 1. The molecular weight excluding hydrogens is 318 g/mol. The molecule has 1 N–H and O–H groups in total. The number of hydrogen-bond acceptors (Lipinski definition) is 4. The highest BCUT2D eigenvalue weighted by Crippen LogP contribution is 2.14. The van der Waals surface area contributed by atoms with Crippen molar-refractivity contribution in [1.29, 1.82) is 0 Å². The molecule has 1 aromatic carbocycles. The van der Waals surface area contributed by atoms with Crippen molar-refractivity contribution < 1.29 is 14.3 Å². The van der Waals surface area contributed by atoms with Crippen LogP contribution in [0.3, 0.4) is 0 Å². The highest BCUT2D eigenvalue weighted by Gasteiger charge is 2.24. The quantitative estimate of drug-likeness (QED) is 0.823. The van der Waals surface area contributed by atoms with Gasteiger partial charge in [0.1, 0.15) is 0 Å². The first-order valence-electron chi connectivity index (χ1n) is 9.13. The van der Waals surface area contributed by atoms with Gasteiger partial charge in [0, 0.05) is 39.3 Å². The summed E-state index contributed by atoms with van der Waals surface area (Å²) in [6, 6.07) is 9.56. The number of rotatable bonds is 6. The molecule has 0 bridgehead atoms. The van der Waals surface area contributed by atoms with Gasteiger partial charge in [-0.2, -0.15) is 0 Å². The summed E-state index contributed by atoms with van der Waals surface area (Å²) in [5.74, 6) is -0.116. The highest BCUT2D eigenvalue weighted by molar-refractivity contribution is 5.85. The molecule has 2 aliphatic rings. The predicted molar refractivity (Wildman–Crippen MR) is 95.1 cm³/mol. The molecule has 0 saturated carbocycles. The number of benzene rings is 1. The second kappa shape index (κ2) is 8.97. The van der Waals surface area contributed by atoms with Crippen molar-refractivity contribution in [2.75, 3.05) is 45.9 Å². The first kappa shape index (κ1) is 17.9. The number of ether oxygens (including phenoxy) is 1. The van der Waals surface area contributed by atoms with Gasteiger partial charge in [-0.25, -0.2) is 0 Å². The van der Waals surface area contributed by atoms with Gasteiger partial charge in [-0.3, -0.25) is 14.5 Å². The van der Waals surface area contributed by atoms with E-state index in [4.69, 9.17) is 4.74 Å². The molecule has 2 aliphatic heterocycles. The Morgan fingerprint density at radius 1 is 1.12 bits per heavy atom. The van der Waals surface area contributed by atoms with Gasteiger partial charge in [-0.15, -0.1) is 0 Å². The van der Waals surface area contributed by atoms with Gasteiger partial charge in [0.15, 0.2) is 0 Å². The Labute approximate surface area is 149 Å². The summed E-state index contributed by atoms with van der Waals surface area (Å²) in [6.45, 7) is 5.13. The molecule has 6 nitrogen and oxygen atoms in total. The molecule has 2 saturated heterocycles. The maximum absolute atomic E-state index is 12.3. The largest absolute Gasteiger partial charge is 0.377 e. The van der Waals surface area contributed by atoms with Crippen LogP contribution in [0.4, 0.5) is 0 Å². The number of nitrogens with zero attached hydrogens (tertiary/aromatic N) is 2. The average Bonchev–Trinajstić information content (AvgIpc) is 3.14. The lowest BCUT2D eigenvalue weighted by molar-refractivity contribution is -0.134. The fourth-order valence-electron chi connectivity index (χ4n) is 3.39. The molecule has 0 radical (unpaired) electrons. The Kier molecular flexibility index (Phi) is 6.42. The van der Waals surface area contributed by atoms with Crippen LogP contribution >= 0.6 is 0 Å². The fraction of sp³-hybridized carbons (Fsp3) is 0.579. The Hall–Kier alpha value is -1.92. The van der Waals surface area contributed by atoms with Gasteiger partial charge in [0.2, 0.25) is 11.8 Å². The predicted octanol–water partition coefficient (Wildman–Crippen LogP) is 0.669. The second-order valence-electron chi connectivity index (χ2n) is 6.76. The van der Waals surface area contributed by atoms with E-state index < -0.39 is 0 Å². The molecule has 3 rings (SSSR count). The summed E-state index contributed by atoms with van der Waals surface area (Å²) < 4.78 is 5.67. The number of carbonyl (C=O) groups excluding carboxylic acids is 2. The first-order chi connectivity index (χ1) is 12.2. The minimum absolute atomic E-state index is 0.00169. The number of carbonyl (C=O) groups is 2. The summed E-state index contributed by atoms with van der Waals surface area (Å²) in [6.07, 6.45) is 2.97. The smallest absolute Gasteiger partial charge is 0.242 e. The maximum Gasteiger partial charge on any atom is 0.242 e. The van der Waals surface area contributed by atoms with Crippen LogP contribution in [-0.4, -0.2) is 73.6 Å². The van der Waals surface area contributed by atoms with Crippen molar-refractivity contribution in [1.82, 2.24) is 15.1 Å². The van der Waals surface area contributed by atoms with Crippen molar-refractivity contribution >= 4 is 11.8 Å². The zero-order valence-electron chi connectivity index (χ0n) is 14.7. The Morgan fingerprint density at radius 3 is 2.56 bits per heavy atom. The molecule has 2 amide bonds. The fourth-order valence-corrected chi connectivity index (χ4v) is 3.39. The molecule has 1 atom stereocenters. The number of nitrogens with one attached hydrogen (secondary N) is 1. The number of piperazine rings is 1. The van der Waals surface area contributed by atoms with Crippen LogP contribution in [0, 0.1) is 0 Å². The molecule has 136 valence electrons. The van der Waals surface area contributed by atoms with Gasteiger partial charge >= 0.3 is 0 Å². The summed E-state index contributed by atoms with van der Waals surface area (Å²) in [7, 11) is 0. The molecule has 6 heteroatoms. The molecular formula is C19H27N3O3. The third kappa shape index (κ3) is 5.54. The van der Waals surface area contributed by atoms with E-state index in [-0.39, 0.29) is 18.4 Å². The third-order valence-electron chi connectivity index (χ3n) is 4.86. The Morgan fingerprint density at radius 2 is 1.88 bits per heavy atom. The lowest BCUT2D eigenvalue weighted by Gasteiger charge is -2.35. The summed E-state index contributed by atoms with van der Waals surface area (Å²) in [4.78, 5) is 28.4. The van der Waals surface area contributed by atoms with Gasteiger partial charge in [-0.1, -0.05) is 30.3 Å². The van der Waals surface area contributed by atoms with E-state index in [2.05, 4.69) is 10.2 Å². The lowest BCUT2D eigenvalue weighted by Crippen LogP contribution is -2.52. The summed E-state index contributed by atoms with van der Waals surface area (Å²) >= 11 is 0. The maximum atomic E-state index is 12.3. The van der Waals surface area contributed by atoms with Gasteiger partial charge in [-0.05, 0) is 18.4 Å². The summed E-state index contributed by atoms with van der Waals surface area (Å²) in [5.41, 5.74) is 0.954. The standard InChI is InChI=1S/C19H27N3O3/c23-18(13-16-5-2-1-3-6-16)20-14-19(24)22-10-8-21(9-11-22)15-17-7-4-12-25-17/h1-3,5-6,17H,4,7-15H2,(H,20,23)/t17-/m1/s1. The minimum Gasteiger partial charge on any atom is -0.377 e. The molecule has 0 unspecified atom stereocenters. The third-order valence-corrected chi connectivity index (χ3v) is 4.86. The van der Waals surface area contributed by atoms with E-state index in [0.717, 1.165) is 57.7 Å². The monoisotopic (exact) mass is 345 g/mol. The lowest BCUT2D eigenvalue weighted by atomic mass is 10.1. The molecule has 0 aromatic heterocycles. The van der Waals surface area contributed by atoms with E-state index in [1.54, 1.807) is 0 Å². The molecule has 2 heterocycles. The number of amides is 2. The van der Waals surface area contributed by atoms with E-state index in [1.807, 2.05) is 35.2 Å². The van der Waals surface area contributed by atoms with Gasteiger partial charge < -0.3 is 15.0 Å². The Bertz CT molecular complexity index is 565. The zero-order valence-corrected chi connectivity index (χ0v) is 14.7. The van der Waals surface area contributed by atoms with Crippen LogP contribution in [0.1, 0.15) is 18.4 Å². The van der Waals surface area contributed by atoms with Gasteiger partial charge in [0.25, 0.3) is 0 Å². The van der Waals surface area contributed by atoms with Crippen molar-refractivity contribution in [2.24, 2.45) is 0 Å². The van der Waals surface area contributed by atoms with E-state index >= 15 is 0 Å². The van der Waals surface area contributed by atoms with Gasteiger partial charge in [0.05, 0.1) is 19.1 Å². The SMILES string of the molecule is O=C(Cc1ccccc1)NCC(=O)N1CCN(C[C@H]2CCCO2)CC1. The molecule has 25 heavy (non-hydrogen) atoms. The van der Waals surface area contributed by atoms with Crippen molar-refractivity contribution in [2.45, 2.75) is 25.4 Å². The van der Waals surface area contributed by atoms with E-state index in [1.165, 1.54) is 0 Å². The van der Waals surface area contributed by atoms with Crippen LogP contribution in [0.15, 0.2) is 30.3 Å². The van der Waals surface area contributed by atoms with Crippen LogP contribution in [0.5, 0.6) is 0 Å². The van der Waals surface area contributed by atoms with Crippen LogP contribution in [-0.2, 0) is 20.7 Å². The normalized spacial score (nSPS) is 21.3. The van der Waals surface area contributed by atoms with Crippen LogP contribution in [0.25, 0.3) is 0 Å². The first-order valence-corrected chi connectivity index (χ1v) is 9.13. The topological polar surface area (TPSA) is 61.9 Å². The van der Waals surface area contributed by atoms with E-state index in [9.17, 15) is 9.59 Å².